The van der Waals surface area contributed by atoms with E-state index in [1.807, 2.05) is 24.3 Å². The van der Waals surface area contributed by atoms with Crippen molar-refractivity contribution < 1.29 is 0 Å². The van der Waals surface area contributed by atoms with Gasteiger partial charge in [0, 0.05) is 0 Å². The summed E-state index contributed by atoms with van der Waals surface area (Å²) in [5.74, 6) is 0. The first-order valence-electron chi connectivity index (χ1n) is 18.4. The van der Waals surface area contributed by atoms with Crippen LogP contribution in [0.4, 0.5) is 0 Å². The van der Waals surface area contributed by atoms with Gasteiger partial charge in [0.1, 0.15) is 0 Å². The van der Waals surface area contributed by atoms with Crippen LogP contribution in [-0.4, -0.2) is 0 Å². The van der Waals surface area contributed by atoms with Crippen LogP contribution in [0, 0.1) is 0 Å². The minimum absolute atomic E-state index is 0.995. The molecule has 0 saturated heterocycles. The summed E-state index contributed by atoms with van der Waals surface area (Å²) in [6.07, 6.45) is 38.9. The molecule has 0 heteroatoms. The minimum Gasteiger partial charge on any atom is -0.103 e. The molecule has 0 bridgehead atoms. The maximum absolute atomic E-state index is 3.75. The van der Waals surface area contributed by atoms with E-state index in [4.69, 9.17) is 0 Å². The molecule has 0 radical (unpaired) electrons. The van der Waals surface area contributed by atoms with E-state index in [0.29, 0.717) is 0 Å². The molecule has 0 aromatic rings. The Balaban J connectivity index is -0.000000269. The van der Waals surface area contributed by atoms with Gasteiger partial charge in [-0.2, -0.15) is 0 Å². The van der Waals surface area contributed by atoms with E-state index in [1.54, 1.807) is 0 Å². The number of rotatable bonds is 20. The van der Waals surface area contributed by atoms with Crippen molar-refractivity contribution in [3.63, 3.8) is 0 Å². The van der Waals surface area contributed by atoms with Crippen LogP contribution in [0.5, 0.6) is 0 Å². The fourth-order valence-electron chi connectivity index (χ4n) is 3.83. The predicted molar refractivity (Wildman–Crippen MR) is 229 cm³/mol. The zero-order valence-corrected chi connectivity index (χ0v) is 34.2. The van der Waals surface area contributed by atoms with Crippen LogP contribution in [0.1, 0.15) is 160 Å². The van der Waals surface area contributed by atoms with Crippen LogP contribution < -0.4 is 0 Å². The highest BCUT2D eigenvalue weighted by atomic mass is 14.0. The zero-order chi connectivity index (χ0) is 37.6. The standard InChI is InChI=1S/C13H22.2C12H20.C11H18/c1-6-8-12(4)13(5)10-9-11(3)7-2;1-5-8-12(4)10-7-9-11(3)6-2;1-5-7-8-12(4)10-9-11(3)6-2;1-4-6-7-8-9-10-11(3)5-2/h6-7H,1,8-10H2,2-5H3;5-6,10H,1,7-9H2,2-4H3;5-6,8H,1,7,9-10H2,2-4H3;4-5,7-8H,1,6,9-10H2,2-3H3/b11-7?,13-12-;;;. The lowest BCUT2D eigenvalue weighted by molar-refractivity contribution is 0.897. The summed E-state index contributed by atoms with van der Waals surface area (Å²) >= 11 is 0. The Labute approximate surface area is 303 Å². The van der Waals surface area contributed by atoms with Crippen molar-refractivity contribution in [3.05, 3.63) is 144 Å². The molecule has 0 nitrogen and oxygen atoms in total. The molecule has 0 N–H and O–H groups in total. The van der Waals surface area contributed by atoms with Gasteiger partial charge in [0.15, 0.2) is 0 Å². The molecule has 0 rings (SSSR count). The van der Waals surface area contributed by atoms with Crippen LogP contribution in [-0.2, 0) is 0 Å². The first-order chi connectivity index (χ1) is 22.8. The molecule has 0 fully saturated rings. The highest BCUT2D eigenvalue weighted by Crippen LogP contribution is 2.16. The topological polar surface area (TPSA) is 0 Å². The van der Waals surface area contributed by atoms with Gasteiger partial charge in [0.05, 0.1) is 0 Å². The Kier molecular flexibility index (Phi) is 43.2. The SMILES string of the molecule is C=CC/C(C)=C(/C)CCC(C)=CC.C=CCC(C)=CCCC(C)=CC.C=CCC=C(C)CCC(C)=CC.C=CCC=CCCC(C)=CC. The number of allylic oxidation sites excluding steroid dienone is 20. The minimum atomic E-state index is 0.995. The van der Waals surface area contributed by atoms with Crippen LogP contribution in [0.2, 0.25) is 0 Å². The molecule has 0 unspecified atom stereocenters. The van der Waals surface area contributed by atoms with Gasteiger partial charge in [-0.05, 0) is 160 Å². The van der Waals surface area contributed by atoms with Crippen molar-refractivity contribution in [1.82, 2.24) is 0 Å². The lowest BCUT2D eigenvalue weighted by atomic mass is 10.0. The van der Waals surface area contributed by atoms with E-state index < -0.39 is 0 Å². The van der Waals surface area contributed by atoms with Gasteiger partial charge in [-0.25, -0.2) is 0 Å². The summed E-state index contributed by atoms with van der Waals surface area (Å²) in [5, 5.41) is 0. The Bertz CT molecular complexity index is 1080. The smallest absolute Gasteiger partial charge is 0.0142 e. The van der Waals surface area contributed by atoms with Crippen LogP contribution in [0.25, 0.3) is 0 Å². The van der Waals surface area contributed by atoms with Gasteiger partial charge in [-0.1, -0.05) is 117 Å². The summed E-state index contributed by atoms with van der Waals surface area (Å²) < 4.78 is 0. The van der Waals surface area contributed by atoms with Crippen LogP contribution >= 0.6 is 0 Å². The molecule has 0 spiro atoms. The van der Waals surface area contributed by atoms with Crippen molar-refractivity contribution in [3.8, 4) is 0 Å². The third-order valence-electron chi connectivity index (χ3n) is 8.26. The number of hydrogen-bond donors (Lipinski definition) is 0. The van der Waals surface area contributed by atoms with E-state index in [0.717, 1.165) is 38.5 Å². The maximum Gasteiger partial charge on any atom is -0.0142 e. The molecule has 0 amide bonds. The Morgan fingerprint density at radius 2 is 0.812 bits per heavy atom. The molecular formula is C48H80. The Morgan fingerprint density at radius 1 is 0.375 bits per heavy atom. The number of hydrogen-bond acceptors (Lipinski definition) is 0. The lowest BCUT2D eigenvalue weighted by Crippen LogP contribution is -1.85. The molecule has 0 aliphatic carbocycles. The van der Waals surface area contributed by atoms with Gasteiger partial charge in [0.2, 0.25) is 0 Å². The van der Waals surface area contributed by atoms with Crippen LogP contribution in [0.3, 0.4) is 0 Å². The molecule has 272 valence electrons. The van der Waals surface area contributed by atoms with Gasteiger partial charge >= 0.3 is 0 Å². The fourth-order valence-corrected chi connectivity index (χ4v) is 3.83. The van der Waals surface area contributed by atoms with Gasteiger partial charge in [-0.3, -0.25) is 0 Å². The lowest BCUT2D eigenvalue weighted by Gasteiger charge is -2.05. The second-order valence-corrected chi connectivity index (χ2v) is 12.8. The fraction of sp³-hybridized carbons (Fsp3) is 0.500. The average molecular weight is 657 g/mol. The molecule has 0 aromatic carbocycles. The average Bonchev–Trinajstić information content (AvgIpc) is 3.08. The van der Waals surface area contributed by atoms with Crippen molar-refractivity contribution >= 4 is 0 Å². The monoisotopic (exact) mass is 657 g/mol. The predicted octanol–water partition coefficient (Wildman–Crippen LogP) is 17.0. The van der Waals surface area contributed by atoms with E-state index in [2.05, 4.69) is 158 Å². The third kappa shape index (κ3) is 42.9. The summed E-state index contributed by atoms with van der Waals surface area (Å²) in [7, 11) is 0. The van der Waals surface area contributed by atoms with Crippen LogP contribution in [0.15, 0.2) is 144 Å². The quantitative estimate of drug-likeness (QED) is 0.114. The second-order valence-electron chi connectivity index (χ2n) is 12.8. The van der Waals surface area contributed by atoms with E-state index in [1.165, 1.54) is 83.1 Å². The van der Waals surface area contributed by atoms with E-state index in [-0.39, 0.29) is 0 Å². The molecule has 0 atom stereocenters. The maximum atomic E-state index is 3.75. The first kappa shape index (κ1) is 51.7. The molecule has 0 aromatic heterocycles. The molecule has 0 aliphatic heterocycles. The van der Waals surface area contributed by atoms with Crippen molar-refractivity contribution in [1.29, 1.82) is 0 Å². The molecule has 48 heavy (non-hydrogen) atoms. The normalized spacial score (nSPS) is 13.2. The molecular weight excluding hydrogens is 577 g/mol. The molecule has 0 saturated carbocycles. The zero-order valence-electron chi connectivity index (χ0n) is 34.2. The van der Waals surface area contributed by atoms with Gasteiger partial charge < -0.3 is 0 Å². The van der Waals surface area contributed by atoms with E-state index in [9.17, 15) is 0 Å². The highest BCUT2D eigenvalue weighted by Gasteiger charge is 1.96. The van der Waals surface area contributed by atoms with Crippen molar-refractivity contribution in [2.45, 2.75) is 160 Å². The summed E-state index contributed by atoms with van der Waals surface area (Å²) in [6, 6.07) is 0. The van der Waals surface area contributed by atoms with Crippen molar-refractivity contribution in [2.24, 2.45) is 0 Å². The molecule has 0 aliphatic rings. The first-order valence-corrected chi connectivity index (χ1v) is 18.4. The summed E-state index contributed by atoms with van der Waals surface area (Å²) in [4.78, 5) is 0. The second kappa shape index (κ2) is 40.1. The molecule has 0 heterocycles. The van der Waals surface area contributed by atoms with Gasteiger partial charge in [0.25, 0.3) is 0 Å². The third-order valence-corrected chi connectivity index (χ3v) is 8.26. The largest absolute Gasteiger partial charge is 0.103 e. The Hall–Kier alpha value is -3.12. The van der Waals surface area contributed by atoms with Gasteiger partial charge in [-0.15, -0.1) is 26.3 Å². The van der Waals surface area contributed by atoms with E-state index >= 15 is 0 Å². The summed E-state index contributed by atoms with van der Waals surface area (Å²) in [5.41, 5.74) is 11.8. The van der Waals surface area contributed by atoms with Crippen molar-refractivity contribution in [2.75, 3.05) is 0 Å². The summed E-state index contributed by atoms with van der Waals surface area (Å²) in [6.45, 7) is 40.7. The Morgan fingerprint density at radius 3 is 1.27 bits per heavy atom. The highest BCUT2D eigenvalue weighted by molar-refractivity contribution is 5.14.